The number of likely N-dealkylation sites (tertiary alicyclic amines) is 1. The minimum Gasteiger partial charge on any atom is -0.494 e. The van der Waals surface area contributed by atoms with Crippen LogP contribution in [0, 0.1) is 16.7 Å². The lowest BCUT2D eigenvalue weighted by Gasteiger charge is -2.39. The third kappa shape index (κ3) is 5.95. The fraction of sp³-hybridized carbons (Fsp3) is 0.323. The molecule has 0 unspecified atom stereocenters. The summed E-state index contributed by atoms with van der Waals surface area (Å²) in [6.07, 6.45) is 2.38. The van der Waals surface area contributed by atoms with Gasteiger partial charge in [0.15, 0.2) is 0 Å². The van der Waals surface area contributed by atoms with Crippen molar-refractivity contribution in [3.63, 3.8) is 0 Å². The number of ether oxygens (including phenoxy) is 1. The largest absolute Gasteiger partial charge is 0.494 e. The summed E-state index contributed by atoms with van der Waals surface area (Å²) in [6.45, 7) is 5.75. The highest BCUT2D eigenvalue weighted by atomic mass is 16.5. The van der Waals surface area contributed by atoms with Gasteiger partial charge in [-0.2, -0.15) is 5.26 Å². The van der Waals surface area contributed by atoms with Gasteiger partial charge in [0, 0.05) is 25.2 Å². The number of hydrogen-bond acceptors (Lipinski definition) is 6. The average molecular weight is 527 g/mol. The molecule has 8 nitrogen and oxygen atoms in total. The molecule has 0 atom stereocenters. The van der Waals surface area contributed by atoms with E-state index < -0.39 is 5.97 Å². The normalized spacial score (nSPS) is 16.5. The van der Waals surface area contributed by atoms with Crippen LogP contribution in [-0.2, 0) is 11.3 Å². The molecular formula is C31H34N4O4. The number of carboxylic acid groups (broad SMARTS) is 1. The summed E-state index contributed by atoms with van der Waals surface area (Å²) in [7, 11) is 0. The molecule has 0 bridgehead atoms. The fourth-order valence-electron chi connectivity index (χ4n) is 5.68. The second-order valence-electron chi connectivity index (χ2n) is 10.2. The zero-order valence-electron chi connectivity index (χ0n) is 22.2. The first-order valence-electron chi connectivity index (χ1n) is 13.0. The van der Waals surface area contributed by atoms with Gasteiger partial charge >= 0.3 is 5.97 Å². The number of nitriles is 1. The van der Waals surface area contributed by atoms with Crippen LogP contribution in [0.4, 0.5) is 5.69 Å². The van der Waals surface area contributed by atoms with E-state index in [2.05, 4.69) is 23.1 Å². The van der Waals surface area contributed by atoms with E-state index in [1.165, 1.54) is 0 Å². The molecule has 2 aliphatic rings. The Morgan fingerprint density at radius 1 is 1.08 bits per heavy atom. The minimum absolute atomic E-state index is 0. The van der Waals surface area contributed by atoms with Crippen molar-refractivity contribution in [3.05, 3.63) is 83.4 Å². The summed E-state index contributed by atoms with van der Waals surface area (Å²) in [4.78, 5) is 28.3. The molecule has 1 spiro atoms. The Bertz CT molecular complexity index is 1390. The van der Waals surface area contributed by atoms with E-state index in [0.717, 1.165) is 60.6 Å². The van der Waals surface area contributed by atoms with Crippen molar-refractivity contribution in [2.75, 3.05) is 31.1 Å². The third-order valence-corrected chi connectivity index (χ3v) is 7.71. The van der Waals surface area contributed by atoms with E-state index in [9.17, 15) is 14.9 Å². The maximum Gasteiger partial charge on any atom is 0.335 e. The number of piperidine rings is 1. The van der Waals surface area contributed by atoms with Crippen LogP contribution in [0.15, 0.2) is 66.7 Å². The summed E-state index contributed by atoms with van der Waals surface area (Å²) in [6, 6.07) is 22.7. The predicted molar refractivity (Wildman–Crippen MR) is 150 cm³/mol. The van der Waals surface area contributed by atoms with Crippen LogP contribution in [0.2, 0.25) is 0 Å². The van der Waals surface area contributed by atoms with Crippen molar-refractivity contribution >= 4 is 17.6 Å². The third-order valence-electron chi connectivity index (χ3n) is 7.71. The molecule has 4 N–H and O–H groups in total. The van der Waals surface area contributed by atoms with E-state index in [0.29, 0.717) is 25.1 Å². The Morgan fingerprint density at radius 3 is 2.46 bits per heavy atom. The summed E-state index contributed by atoms with van der Waals surface area (Å²) in [5.74, 6) is -0.0692. The number of nitrogens with zero attached hydrogens (tertiary/aromatic N) is 3. The van der Waals surface area contributed by atoms with E-state index >= 15 is 0 Å². The van der Waals surface area contributed by atoms with Gasteiger partial charge in [0.05, 0.1) is 23.8 Å². The average Bonchev–Trinajstić information content (AvgIpc) is 3.25. The first kappa shape index (κ1) is 27.8. The van der Waals surface area contributed by atoms with Crippen molar-refractivity contribution in [2.45, 2.75) is 32.7 Å². The topological polar surface area (TPSA) is 129 Å². The standard InChI is InChI=1S/C31H31N3O4.H3N/c1-2-38-27-16-22(15-25(17-27)28-6-4-3-5-24(28)19-32)20-33-13-11-31(12-14-33)18-29(35)34(21-31)26-9-7-23(8-10-26)30(36)37;/h3-10,15-17H,2,11-14,18,20-21H2,1H3,(H,36,37);1H3. The number of benzene rings is 3. The second-order valence-corrected chi connectivity index (χ2v) is 10.2. The van der Waals surface area contributed by atoms with Gasteiger partial charge in [-0.05, 0) is 103 Å². The van der Waals surface area contributed by atoms with E-state index in [1.54, 1.807) is 24.3 Å². The van der Waals surface area contributed by atoms with Crippen LogP contribution in [0.1, 0.15) is 47.7 Å². The molecule has 0 aromatic heterocycles. The maximum absolute atomic E-state index is 12.9. The van der Waals surface area contributed by atoms with Gasteiger partial charge in [0.1, 0.15) is 5.75 Å². The second kappa shape index (κ2) is 11.7. The predicted octanol–water partition coefficient (Wildman–Crippen LogP) is 5.50. The summed E-state index contributed by atoms with van der Waals surface area (Å²) >= 11 is 0. The Morgan fingerprint density at radius 2 is 1.79 bits per heavy atom. The number of carboxylic acids is 1. The van der Waals surface area contributed by atoms with Crippen LogP contribution in [0.3, 0.4) is 0 Å². The quantitative estimate of drug-likeness (QED) is 0.416. The van der Waals surface area contributed by atoms with Crippen LogP contribution in [0.5, 0.6) is 5.75 Å². The summed E-state index contributed by atoms with van der Waals surface area (Å²) in [5, 5.41) is 18.7. The fourth-order valence-corrected chi connectivity index (χ4v) is 5.68. The minimum atomic E-state index is -0.971. The number of carbonyl (C=O) groups is 2. The Labute approximate surface area is 229 Å². The highest BCUT2D eigenvalue weighted by Crippen LogP contribution is 2.43. The first-order chi connectivity index (χ1) is 18.4. The number of carbonyl (C=O) groups excluding carboxylic acids is 1. The lowest BCUT2D eigenvalue weighted by Crippen LogP contribution is -2.41. The van der Waals surface area contributed by atoms with Gasteiger partial charge in [-0.25, -0.2) is 4.79 Å². The summed E-state index contributed by atoms with van der Waals surface area (Å²) in [5.41, 5.74) is 4.58. The SMILES string of the molecule is CCOc1cc(CN2CCC3(CC2)CC(=O)N(c2ccc(C(=O)O)cc2)C3)cc(-c2ccccc2C#N)c1.N. The van der Waals surface area contributed by atoms with Crippen LogP contribution < -0.4 is 15.8 Å². The Hall–Kier alpha value is -4.19. The zero-order chi connectivity index (χ0) is 26.7. The molecule has 2 heterocycles. The number of rotatable bonds is 7. The van der Waals surface area contributed by atoms with Crippen LogP contribution >= 0.6 is 0 Å². The van der Waals surface area contributed by atoms with Crippen LogP contribution in [0.25, 0.3) is 11.1 Å². The molecule has 8 heteroatoms. The Kier molecular flexibility index (Phi) is 8.34. The molecule has 202 valence electrons. The van der Waals surface area contributed by atoms with Crippen molar-refractivity contribution < 1.29 is 19.4 Å². The van der Waals surface area contributed by atoms with Crippen molar-refractivity contribution in [3.8, 4) is 22.9 Å². The molecule has 0 aliphatic carbocycles. The van der Waals surface area contributed by atoms with E-state index in [1.807, 2.05) is 42.2 Å². The number of hydrogen-bond donors (Lipinski definition) is 2. The molecule has 2 aliphatic heterocycles. The molecule has 2 fully saturated rings. The highest BCUT2D eigenvalue weighted by molar-refractivity contribution is 5.97. The maximum atomic E-state index is 12.9. The monoisotopic (exact) mass is 526 g/mol. The lowest BCUT2D eigenvalue weighted by molar-refractivity contribution is -0.118. The van der Waals surface area contributed by atoms with Gasteiger partial charge in [0.2, 0.25) is 5.91 Å². The lowest BCUT2D eigenvalue weighted by atomic mass is 9.77. The van der Waals surface area contributed by atoms with Gasteiger partial charge in [-0.1, -0.05) is 18.2 Å². The number of amides is 1. The van der Waals surface area contributed by atoms with Gasteiger partial charge < -0.3 is 20.9 Å². The van der Waals surface area contributed by atoms with Gasteiger partial charge in [-0.15, -0.1) is 0 Å². The molecule has 0 radical (unpaired) electrons. The molecule has 2 saturated heterocycles. The van der Waals surface area contributed by atoms with E-state index in [-0.39, 0.29) is 23.0 Å². The van der Waals surface area contributed by atoms with Crippen molar-refractivity contribution in [2.24, 2.45) is 5.41 Å². The van der Waals surface area contributed by atoms with Crippen molar-refractivity contribution in [1.29, 1.82) is 5.26 Å². The molecule has 5 rings (SSSR count). The smallest absolute Gasteiger partial charge is 0.335 e. The first-order valence-corrected chi connectivity index (χ1v) is 13.0. The molecular weight excluding hydrogens is 492 g/mol. The molecule has 3 aromatic rings. The summed E-state index contributed by atoms with van der Waals surface area (Å²) < 4.78 is 5.86. The molecule has 3 aromatic carbocycles. The highest BCUT2D eigenvalue weighted by Gasteiger charge is 2.45. The van der Waals surface area contributed by atoms with Gasteiger partial charge in [-0.3, -0.25) is 9.69 Å². The molecule has 39 heavy (non-hydrogen) atoms. The Balaban J connectivity index is 0.00000353. The van der Waals surface area contributed by atoms with Crippen LogP contribution in [-0.4, -0.2) is 48.1 Å². The van der Waals surface area contributed by atoms with Crippen molar-refractivity contribution in [1.82, 2.24) is 11.1 Å². The molecule has 0 saturated carbocycles. The van der Waals surface area contributed by atoms with Gasteiger partial charge in [0.25, 0.3) is 0 Å². The number of aromatic carboxylic acids is 1. The van der Waals surface area contributed by atoms with E-state index in [4.69, 9.17) is 9.84 Å². The zero-order valence-corrected chi connectivity index (χ0v) is 22.2. The molecule has 1 amide bonds. The number of anilines is 1.